The highest BCUT2D eigenvalue weighted by Crippen LogP contribution is 2.19. The van der Waals surface area contributed by atoms with E-state index in [-0.39, 0.29) is 11.9 Å². The molecule has 2 rings (SSSR count). The maximum absolute atomic E-state index is 12.0. The fraction of sp³-hybridized carbons (Fsp3) is 0.250. The summed E-state index contributed by atoms with van der Waals surface area (Å²) in [7, 11) is 0. The van der Waals surface area contributed by atoms with Gasteiger partial charge in [0.25, 0.3) is 5.91 Å². The Morgan fingerprint density at radius 2 is 2.28 bits per heavy atom. The van der Waals surface area contributed by atoms with E-state index in [1.54, 1.807) is 12.3 Å². The van der Waals surface area contributed by atoms with Crippen LogP contribution in [0.3, 0.4) is 0 Å². The third-order valence-electron chi connectivity index (χ3n) is 2.40. The fourth-order valence-electron chi connectivity index (χ4n) is 1.48. The Kier molecular flexibility index (Phi) is 3.93. The molecule has 0 bridgehead atoms. The van der Waals surface area contributed by atoms with E-state index < -0.39 is 0 Å². The molecule has 0 aromatic carbocycles. The summed E-state index contributed by atoms with van der Waals surface area (Å²) in [6.07, 6.45) is 3.20. The van der Waals surface area contributed by atoms with Gasteiger partial charge in [-0.15, -0.1) is 11.3 Å². The number of halogens is 1. The van der Waals surface area contributed by atoms with E-state index in [1.807, 2.05) is 19.2 Å². The van der Waals surface area contributed by atoms with Gasteiger partial charge in [0.05, 0.1) is 16.6 Å². The minimum atomic E-state index is -0.241. The first kappa shape index (κ1) is 13.0. The van der Waals surface area contributed by atoms with Crippen LogP contribution in [-0.4, -0.2) is 15.9 Å². The summed E-state index contributed by atoms with van der Waals surface area (Å²) < 4.78 is 0. The molecule has 1 N–H and O–H groups in total. The highest BCUT2D eigenvalue weighted by molar-refractivity contribution is 7.09. The number of thiazole rings is 1. The van der Waals surface area contributed by atoms with Crippen molar-refractivity contribution in [3.05, 3.63) is 45.1 Å². The third kappa shape index (κ3) is 2.86. The number of carbonyl (C=O) groups excluding carboxylic acids is 1. The molecule has 1 amide bonds. The van der Waals surface area contributed by atoms with Gasteiger partial charge >= 0.3 is 0 Å². The summed E-state index contributed by atoms with van der Waals surface area (Å²) in [6.45, 7) is 3.71. The standard InChI is InChI=1S/C12H12ClN3OS/c1-7-5-10(13)9(6-15-7)11(17)16-8(2)12-14-3-4-18-12/h3-6,8H,1-2H3,(H,16,17). The summed E-state index contributed by atoms with van der Waals surface area (Å²) in [4.78, 5) is 20.3. The third-order valence-corrected chi connectivity index (χ3v) is 3.68. The second-order valence-electron chi connectivity index (χ2n) is 3.87. The van der Waals surface area contributed by atoms with E-state index in [0.717, 1.165) is 10.7 Å². The van der Waals surface area contributed by atoms with Crippen molar-refractivity contribution in [3.63, 3.8) is 0 Å². The van der Waals surface area contributed by atoms with Gasteiger partial charge in [-0.3, -0.25) is 9.78 Å². The van der Waals surface area contributed by atoms with Crippen LogP contribution in [0.25, 0.3) is 0 Å². The van der Waals surface area contributed by atoms with E-state index in [0.29, 0.717) is 10.6 Å². The number of hydrogen-bond acceptors (Lipinski definition) is 4. The number of amides is 1. The highest BCUT2D eigenvalue weighted by Gasteiger charge is 2.16. The van der Waals surface area contributed by atoms with Crippen LogP contribution in [0.5, 0.6) is 0 Å². The summed E-state index contributed by atoms with van der Waals surface area (Å²) in [5, 5.41) is 5.99. The van der Waals surface area contributed by atoms with E-state index in [9.17, 15) is 4.79 Å². The predicted molar refractivity (Wildman–Crippen MR) is 72.0 cm³/mol. The Bertz CT molecular complexity index is 556. The maximum Gasteiger partial charge on any atom is 0.254 e. The molecule has 2 heterocycles. The second kappa shape index (κ2) is 5.46. The van der Waals surface area contributed by atoms with Gasteiger partial charge in [-0.1, -0.05) is 11.6 Å². The van der Waals surface area contributed by atoms with Crippen molar-refractivity contribution in [2.75, 3.05) is 0 Å². The van der Waals surface area contributed by atoms with Crippen LogP contribution in [0, 0.1) is 6.92 Å². The van der Waals surface area contributed by atoms with Gasteiger partial charge in [0, 0.05) is 23.5 Å². The van der Waals surface area contributed by atoms with E-state index in [2.05, 4.69) is 15.3 Å². The van der Waals surface area contributed by atoms with Crippen molar-refractivity contribution >= 4 is 28.8 Å². The average Bonchev–Trinajstić information content (AvgIpc) is 2.81. The lowest BCUT2D eigenvalue weighted by Gasteiger charge is -2.11. The maximum atomic E-state index is 12.0. The number of aryl methyl sites for hydroxylation is 1. The van der Waals surface area contributed by atoms with Crippen LogP contribution in [0.2, 0.25) is 5.02 Å². The molecule has 0 aliphatic heterocycles. The van der Waals surface area contributed by atoms with Crippen molar-refractivity contribution in [1.29, 1.82) is 0 Å². The Balaban J connectivity index is 2.12. The zero-order chi connectivity index (χ0) is 13.1. The first-order chi connectivity index (χ1) is 8.58. The number of rotatable bonds is 3. The molecule has 0 spiro atoms. The molecule has 18 heavy (non-hydrogen) atoms. The molecule has 1 unspecified atom stereocenters. The Morgan fingerprint density at radius 1 is 1.50 bits per heavy atom. The summed E-state index contributed by atoms with van der Waals surface area (Å²) in [5.74, 6) is -0.241. The van der Waals surface area contributed by atoms with Gasteiger partial charge in [-0.25, -0.2) is 4.98 Å². The van der Waals surface area contributed by atoms with Crippen LogP contribution in [0.1, 0.15) is 34.0 Å². The molecule has 94 valence electrons. The van der Waals surface area contributed by atoms with Crippen molar-refractivity contribution in [2.24, 2.45) is 0 Å². The number of pyridine rings is 1. The normalized spacial score (nSPS) is 12.2. The number of nitrogens with zero attached hydrogens (tertiary/aromatic N) is 2. The molecule has 0 aliphatic rings. The minimum absolute atomic E-state index is 0.144. The highest BCUT2D eigenvalue weighted by atomic mass is 35.5. The monoisotopic (exact) mass is 281 g/mol. The van der Waals surface area contributed by atoms with Gasteiger partial charge in [-0.05, 0) is 19.9 Å². The van der Waals surface area contributed by atoms with Gasteiger partial charge < -0.3 is 5.32 Å². The van der Waals surface area contributed by atoms with E-state index >= 15 is 0 Å². The summed E-state index contributed by atoms with van der Waals surface area (Å²) in [6, 6.07) is 1.53. The quantitative estimate of drug-likeness (QED) is 0.941. The zero-order valence-corrected chi connectivity index (χ0v) is 11.5. The second-order valence-corrected chi connectivity index (χ2v) is 5.20. The molecular formula is C12H12ClN3OS. The SMILES string of the molecule is Cc1cc(Cl)c(C(=O)NC(C)c2nccs2)cn1. The first-order valence-electron chi connectivity index (χ1n) is 5.40. The Hall–Kier alpha value is -1.46. The molecule has 0 radical (unpaired) electrons. The van der Waals surface area contributed by atoms with Crippen molar-refractivity contribution in [1.82, 2.24) is 15.3 Å². The summed E-state index contributed by atoms with van der Waals surface area (Å²) >= 11 is 7.52. The van der Waals surface area contributed by atoms with Crippen molar-refractivity contribution in [2.45, 2.75) is 19.9 Å². The molecule has 0 aliphatic carbocycles. The molecule has 6 heteroatoms. The average molecular weight is 282 g/mol. The van der Waals surface area contributed by atoms with Crippen LogP contribution < -0.4 is 5.32 Å². The molecule has 2 aromatic heterocycles. The van der Waals surface area contributed by atoms with Gasteiger partial charge in [0.1, 0.15) is 5.01 Å². The van der Waals surface area contributed by atoms with E-state index in [1.165, 1.54) is 17.5 Å². The summed E-state index contributed by atoms with van der Waals surface area (Å²) in [5.41, 5.74) is 1.16. The number of nitrogens with one attached hydrogen (secondary N) is 1. The minimum Gasteiger partial charge on any atom is -0.343 e. The lowest BCUT2D eigenvalue weighted by Crippen LogP contribution is -2.27. The fourth-order valence-corrected chi connectivity index (χ4v) is 2.42. The smallest absolute Gasteiger partial charge is 0.254 e. The molecule has 4 nitrogen and oxygen atoms in total. The zero-order valence-electron chi connectivity index (χ0n) is 9.98. The van der Waals surface area contributed by atoms with Crippen LogP contribution in [0.4, 0.5) is 0 Å². The lowest BCUT2D eigenvalue weighted by molar-refractivity contribution is 0.0939. The molecule has 0 saturated carbocycles. The predicted octanol–water partition coefficient (Wildman–Crippen LogP) is 2.99. The number of hydrogen-bond donors (Lipinski definition) is 1. The largest absolute Gasteiger partial charge is 0.343 e. The number of carbonyl (C=O) groups is 1. The van der Waals surface area contributed by atoms with Crippen LogP contribution in [-0.2, 0) is 0 Å². The molecular weight excluding hydrogens is 270 g/mol. The van der Waals surface area contributed by atoms with Crippen molar-refractivity contribution < 1.29 is 4.79 Å². The topological polar surface area (TPSA) is 54.9 Å². The van der Waals surface area contributed by atoms with Crippen LogP contribution in [0.15, 0.2) is 23.8 Å². The molecule has 0 saturated heterocycles. The molecule has 0 fully saturated rings. The number of aromatic nitrogens is 2. The van der Waals surface area contributed by atoms with Crippen molar-refractivity contribution in [3.8, 4) is 0 Å². The van der Waals surface area contributed by atoms with Crippen LogP contribution >= 0.6 is 22.9 Å². The first-order valence-corrected chi connectivity index (χ1v) is 6.66. The molecule has 2 aromatic rings. The van der Waals surface area contributed by atoms with Gasteiger partial charge in [-0.2, -0.15) is 0 Å². The van der Waals surface area contributed by atoms with Gasteiger partial charge in [0.2, 0.25) is 0 Å². The molecule has 1 atom stereocenters. The Labute approximate surface area is 114 Å². The lowest BCUT2D eigenvalue weighted by atomic mass is 10.2. The van der Waals surface area contributed by atoms with Gasteiger partial charge in [0.15, 0.2) is 0 Å². The van der Waals surface area contributed by atoms with E-state index in [4.69, 9.17) is 11.6 Å². The Morgan fingerprint density at radius 3 is 2.89 bits per heavy atom.